The van der Waals surface area contributed by atoms with Gasteiger partial charge in [0, 0.05) is 50.9 Å². The Hall–Kier alpha value is -3.48. The van der Waals surface area contributed by atoms with Gasteiger partial charge in [0.25, 0.3) is 0 Å². The smallest absolute Gasteiger partial charge is 0.123 e. The van der Waals surface area contributed by atoms with E-state index in [1.807, 2.05) is 46.2 Å². The number of halogens is 1. The molecule has 1 saturated heterocycles. The Morgan fingerprint density at radius 1 is 1.14 bits per heavy atom. The van der Waals surface area contributed by atoms with Crippen LogP contribution < -0.4 is 10.6 Å². The van der Waals surface area contributed by atoms with Crippen LogP contribution >= 0.6 is 0 Å². The van der Waals surface area contributed by atoms with Crippen LogP contribution in [0.4, 0.5) is 4.39 Å². The number of likely N-dealkylation sites (N-methyl/N-ethyl adjacent to an activating group) is 1. The minimum atomic E-state index is -0.180. The highest BCUT2D eigenvalue weighted by Gasteiger charge is 2.22. The predicted octanol–water partition coefficient (Wildman–Crippen LogP) is 7.62. The normalized spacial score (nSPS) is 16.1. The van der Waals surface area contributed by atoms with E-state index < -0.39 is 0 Å². The summed E-state index contributed by atoms with van der Waals surface area (Å²) >= 11 is 0. The lowest BCUT2D eigenvalue weighted by Crippen LogP contribution is -2.44. The Balaban J connectivity index is 1.55. The van der Waals surface area contributed by atoms with Crippen LogP contribution in [0, 0.1) is 19.7 Å². The van der Waals surface area contributed by atoms with Crippen molar-refractivity contribution in [2.45, 2.75) is 65.8 Å². The molecule has 0 spiro atoms. The fourth-order valence-electron chi connectivity index (χ4n) is 5.86. The summed E-state index contributed by atoms with van der Waals surface area (Å²) in [6.45, 7) is 24.1. The van der Waals surface area contributed by atoms with Crippen LogP contribution in [0.15, 0.2) is 90.4 Å². The van der Waals surface area contributed by atoms with Crippen LogP contribution in [-0.4, -0.2) is 67.9 Å². The molecule has 3 rings (SSSR count). The number of nitrogens with one attached hydrogen (secondary N) is 2. The maximum Gasteiger partial charge on any atom is 0.123 e. The number of aryl methyl sites for hydroxylation is 2. The number of rotatable bonds is 16. The molecule has 1 aliphatic rings. The quantitative estimate of drug-likeness (QED) is 0.154. The average molecular weight is 600 g/mol. The second-order valence-corrected chi connectivity index (χ2v) is 12.2. The van der Waals surface area contributed by atoms with Gasteiger partial charge < -0.3 is 20.4 Å². The van der Waals surface area contributed by atoms with Crippen molar-refractivity contribution >= 4 is 11.3 Å². The van der Waals surface area contributed by atoms with Crippen LogP contribution in [0.2, 0.25) is 0 Å². The standard InChI is InChI=1S/C38H54FN5/c1-9-12-37(41-28(3)4)38(31(7)32-15-13-29(5)14-16-32)42-35-19-23-44(24-20-35)22-11-21-40-26-33(27-43(8)10-2)36-18-17-34(39)25-30(36)6/h9-10,12-18,25,33,35,40,42H,2-3,11,19-24,26-27H2,1,4-8H3/b12-9-,38-31?,41-37?. The molecule has 2 aromatic carbocycles. The van der Waals surface area contributed by atoms with Crippen molar-refractivity contribution < 1.29 is 4.39 Å². The lowest BCUT2D eigenvalue weighted by atomic mass is 9.94. The van der Waals surface area contributed by atoms with Gasteiger partial charge in [-0.1, -0.05) is 55.1 Å². The largest absolute Gasteiger partial charge is 0.380 e. The first-order valence-electron chi connectivity index (χ1n) is 16.0. The molecule has 0 saturated carbocycles. The number of likely N-dealkylation sites (tertiary alicyclic amines) is 1. The molecule has 0 aromatic heterocycles. The van der Waals surface area contributed by atoms with Gasteiger partial charge >= 0.3 is 0 Å². The minimum Gasteiger partial charge on any atom is -0.380 e. The van der Waals surface area contributed by atoms with Gasteiger partial charge in [0.2, 0.25) is 0 Å². The highest BCUT2D eigenvalue weighted by molar-refractivity contribution is 6.12. The summed E-state index contributed by atoms with van der Waals surface area (Å²) in [7, 11) is 2.04. The van der Waals surface area contributed by atoms with Gasteiger partial charge in [-0.25, -0.2) is 4.39 Å². The van der Waals surface area contributed by atoms with Crippen molar-refractivity contribution in [3.63, 3.8) is 0 Å². The molecule has 2 N–H and O–H groups in total. The Kier molecular flexibility index (Phi) is 14.1. The Morgan fingerprint density at radius 2 is 1.84 bits per heavy atom. The predicted molar refractivity (Wildman–Crippen MR) is 188 cm³/mol. The van der Waals surface area contributed by atoms with Crippen molar-refractivity contribution in [3.05, 3.63) is 113 Å². The van der Waals surface area contributed by atoms with E-state index in [-0.39, 0.29) is 11.7 Å². The molecule has 5 nitrogen and oxygen atoms in total. The molecular weight excluding hydrogens is 545 g/mol. The van der Waals surface area contributed by atoms with Crippen LogP contribution in [0.3, 0.4) is 0 Å². The maximum atomic E-state index is 13.7. The minimum absolute atomic E-state index is 0.180. The third kappa shape index (κ3) is 10.9. The fraction of sp³-hybridized carbons (Fsp3) is 0.447. The number of hydrogen-bond acceptors (Lipinski definition) is 5. The van der Waals surface area contributed by atoms with Gasteiger partial charge in [0.05, 0.1) is 11.4 Å². The highest BCUT2D eigenvalue weighted by Crippen LogP contribution is 2.23. The van der Waals surface area contributed by atoms with Crippen molar-refractivity contribution in [3.8, 4) is 0 Å². The molecule has 1 fully saturated rings. The van der Waals surface area contributed by atoms with Crippen molar-refractivity contribution in [2.24, 2.45) is 4.99 Å². The first kappa shape index (κ1) is 35.0. The number of allylic oxidation sites excluding steroid dienone is 4. The molecule has 2 aromatic rings. The van der Waals surface area contributed by atoms with E-state index in [1.54, 1.807) is 12.1 Å². The molecule has 0 radical (unpaired) electrons. The third-order valence-corrected chi connectivity index (χ3v) is 8.40. The van der Waals surface area contributed by atoms with Gasteiger partial charge in [0.1, 0.15) is 5.82 Å². The van der Waals surface area contributed by atoms with Crippen LogP contribution in [0.25, 0.3) is 5.57 Å². The van der Waals surface area contributed by atoms with Crippen LogP contribution in [0.1, 0.15) is 68.2 Å². The van der Waals surface area contributed by atoms with Crippen LogP contribution in [0.5, 0.6) is 0 Å². The van der Waals surface area contributed by atoms with E-state index in [0.717, 1.165) is 81.2 Å². The molecule has 0 aliphatic carbocycles. The van der Waals surface area contributed by atoms with E-state index >= 15 is 0 Å². The van der Waals surface area contributed by atoms with E-state index in [9.17, 15) is 4.39 Å². The molecule has 1 aliphatic heterocycles. The Labute approximate surface area is 266 Å². The molecule has 44 heavy (non-hydrogen) atoms. The number of aliphatic imine (C=N–C) groups is 1. The summed E-state index contributed by atoms with van der Waals surface area (Å²) in [6.07, 6.45) is 9.25. The molecular formula is C38H54FN5. The molecule has 6 heteroatoms. The Bertz CT molecular complexity index is 1320. The zero-order valence-corrected chi connectivity index (χ0v) is 27.9. The van der Waals surface area contributed by atoms with Gasteiger partial charge in [-0.3, -0.25) is 4.99 Å². The molecule has 238 valence electrons. The summed E-state index contributed by atoms with van der Waals surface area (Å²) in [6, 6.07) is 14.2. The van der Waals surface area contributed by atoms with Crippen molar-refractivity contribution in [2.75, 3.05) is 46.3 Å². The summed E-state index contributed by atoms with van der Waals surface area (Å²) in [4.78, 5) is 9.48. The summed E-state index contributed by atoms with van der Waals surface area (Å²) in [5.41, 5.74) is 8.67. The molecule has 0 bridgehead atoms. The SMILES string of the molecule is C=CN(C)CC(CNCCCN1CCC(NC(C(/C=C\C)=NC(=C)C)=C(C)c2ccc(C)cc2)CC1)c1ccc(F)cc1C. The second-order valence-electron chi connectivity index (χ2n) is 12.2. The van der Waals surface area contributed by atoms with Gasteiger partial charge in [-0.15, -0.1) is 0 Å². The topological polar surface area (TPSA) is 42.9 Å². The fourth-order valence-corrected chi connectivity index (χ4v) is 5.86. The summed E-state index contributed by atoms with van der Waals surface area (Å²) in [5.74, 6) is 0.0905. The Morgan fingerprint density at radius 3 is 2.45 bits per heavy atom. The summed E-state index contributed by atoms with van der Waals surface area (Å²) in [5, 5.41) is 7.57. The van der Waals surface area contributed by atoms with Gasteiger partial charge in [-0.2, -0.15) is 0 Å². The number of hydrogen-bond donors (Lipinski definition) is 2. The zero-order valence-electron chi connectivity index (χ0n) is 27.9. The first-order chi connectivity index (χ1) is 21.1. The molecule has 1 heterocycles. The van der Waals surface area contributed by atoms with E-state index in [2.05, 4.69) is 77.8 Å². The van der Waals surface area contributed by atoms with E-state index in [1.165, 1.54) is 22.3 Å². The average Bonchev–Trinajstić information content (AvgIpc) is 2.99. The highest BCUT2D eigenvalue weighted by atomic mass is 19.1. The van der Waals surface area contributed by atoms with E-state index in [0.29, 0.717) is 6.04 Å². The number of piperidine rings is 1. The summed E-state index contributed by atoms with van der Waals surface area (Å²) < 4.78 is 13.7. The van der Waals surface area contributed by atoms with E-state index in [4.69, 9.17) is 4.99 Å². The first-order valence-corrected chi connectivity index (χ1v) is 16.0. The lowest BCUT2D eigenvalue weighted by Gasteiger charge is -2.34. The maximum absolute atomic E-state index is 13.7. The monoisotopic (exact) mass is 599 g/mol. The van der Waals surface area contributed by atoms with Crippen molar-refractivity contribution in [1.29, 1.82) is 0 Å². The van der Waals surface area contributed by atoms with Gasteiger partial charge in [0.15, 0.2) is 0 Å². The zero-order chi connectivity index (χ0) is 32.1. The molecule has 1 atom stereocenters. The van der Waals surface area contributed by atoms with Gasteiger partial charge in [-0.05, 0) is 114 Å². The third-order valence-electron chi connectivity index (χ3n) is 8.40. The molecule has 0 amide bonds. The second kappa shape index (κ2) is 17.7. The number of nitrogens with zero attached hydrogens (tertiary/aromatic N) is 3. The van der Waals surface area contributed by atoms with Crippen molar-refractivity contribution in [1.82, 2.24) is 20.4 Å². The molecule has 1 unspecified atom stereocenters. The van der Waals surface area contributed by atoms with Crippen LogP contribution in [-0.2, 0) is 0 Å². The lowest BCUT2D eigenvalue weighted by molar-refractivity contribution is 0.201. The number of benzene rings is 2.